The Hall–Kier alpha value is -1.67. The molecule has 0 fully saturated rings. The summed E-state index contributed by atoms with van der Waals surface area (Å²) in [6.07, 6.45) is 1.86. The van der Waals surface area contributed by atoms with Crippen LogP contribution in [0.15, 0.2) is 18.2 Å². The third-order valence-corrected chi connectivity index (χ3v) is 6.04. The number of fused-ring (bicyclic) bond motifs is 2. The van der Waals surface area contributed by atoms with Gasteiger partial charge in [0.15, 0.2) is 23.0 Å². The van der Waals surface area contributed by atoms with Crippen molar-refractivity contribution in [1.82, 2.24) is 0 Å². The van der Waals surface area contributed by atoms with Crippen LogP contribution in [0.4, 0.5) is 0 Å². The van der Waals surface area contributed by atoms with Crippen LogP contribution in [0.5, 0.6) is 23.0 Å². The van der Waals surface area contributed by atoms with Gasteiger partial charge in [-0.1, -0.05) is 6.07 Å². The maximum atomic E-state index is 10.9. The number of aromatic hydroxyl groups is 1. The van der Waals surface area contributed by atoms with Crippen LogP contribution in [-0.2, 0) is 12.8 Å². The molecule has 2 aliphatic rings. The van der Waals surface area contributed by atoms with Crippen molar-refractivity contribution in [3.63, 3.8) is 0 Å². The van der Waals surface area contributed by atoms with Crippen LogP contribution in [0.1, 0.15) is 22.7 Å². The normalized spacial score (nSPS) is 18.6. The first-order valence-electron chi connectivity index (χ1n) is 8.92. The van der Waals surface area contributed by atoms with E-state index in [1.54, 1.807) is 21.3 Å². The van der Waals surface area contributed by atoms with Gasteiger partial charge in [0.1, 0.15) is 6.04 Å². The smallest absolute Gasteiger partial charge is 0.169 e. The summed E-state index contributed by atoms with van der Waals surface area (Å²) in [5, 5.41) is 10.9. The fourth-order valence-corrected chi connectivity index (χ4v) is 4.60. The van der Waals surface area contributed by atoms with E-state index >= 15 is 0 Å². The summed E-state index contributed by atoms with van der Waals surface area (Å²) in [5.41, 5.74) is 5.44. The monoisotopic (exact) mass is 483 g/mol. The van der Waals surface area contributed by atoms with Gasteiger partial charge in [0.2, 0.25) is 0 Å². The van der Waals surface area contributed by atoms with Gasteiger partial charge in [0.05, 0.1) is 42.0 Å². The molecule has 146 valence electrons. The van der Waals surface area contributed by atoms with Gasteiger partial charge in [-0.15, -0.1) is 0 Å². The zero-order valence-electron chi connectivity index (χ0n) is 16.4. The highest BCUT2D eigenvalue weighted by Crippen LogP contribution is 2.56. The van der Waals surface area contributed by atoms with Crippen LogP contribution in [0.2, 0.25) is 0 Å². The molecule has 1 aliphatic carbocycles. The SMILES string of the molecule is COc1ccc2c(c1O)-c1c(OC)c(OC)cc3c1[C@H](C2)[N+](C)(C)CC3.[I-]. The van der Waals surface area contributed by atoms with Crippen molar-refractivity contribution >= 4 is 0 Å². The van der Waals surface area contributed by atoms with E-state index in [-0.39, 0.29) is 29.7 Å². The van der Waals surface area contributed by atoms with E-state index in [0.29, 0.717) is 23.3 Å². The van der Waals surface area contributed by atoms with Gasteiger partial charge >= 0.3 is 0 Å². The molecule has 0 saturated carbocycles. The summed E-state index contributed by atoms with van der Waals surface area (Å²) in [7, 11) is 9.45. The lowest BCUT2D eigenvalue weighted by molar-refractivity contribution is -0.923. The minimum absolute atomic E-state index is 0. The summed E-state index contributed by atoms with van der Waals surface area (Å²) in [6.45, 7) is 1.07. The van der Waals surface area contributed by atoms with Crippen molar-refractivity contribution in [2.24, 2.45) is 0 Å². The molecule has 1 atom stereocenters. The molecule has 1 aliphatic heterocycles. The molecule has 6 heteroatoms. The number of phenols is 1. The van der Waals surface area contributed by atoms with Crippen molar-refractivity contribution in [2.75, 3.05) is 42.0 Å². The Bertz CT molecular complexity index is 894. The van der Waals surface area contributed by atoms with E-state index in [9.17, 15) is 5.11 Å². The van der Waals surface area contributed by atoms with Crippen molar-refractivity contribution in [1.29, 1.82) is 0 Å². The molecule has 27 heavy (non-hydrogen) atoms. The maximum absolute atomic E-state index is 10.9. The molecular formula is C21H26INO4. The lowest BCUT2D eigenvalue weighted by Crippen LogP contribution is -3.00. The van der Waals surface area contributed by atoms with Gasteiger partial charge < -0.3 is 47.8 Å². The minimum Gasteiger partial charge on any atom is -1.00 e. The molecule has 2 aromatic rings. The molecule has 0 radical (unpaired) electrons. The fourth-order valence-electron chi connectivity index (χ4n) is 4.60. The summed E-state index contributed by atoms with van der Waals surface area (Å²) in [6, 6.07) is 6.33. The highest BCUT2D eigenvalue weighted by atomic mass is 127. The lowest BCUT2D eigenvalue weighted by atomic mass is 9.75. The van der Waals surface area contributed by atoms with Crippen LogP contribution in [0.25, 0.3) is 11.1 Å². The fraction of sp³-hybridized carbons (Fsp3) is 0.429. The largest absolute Gasteiger partial charge is 1.00 e. The number of benzene rings is 2. The molecule has 0 bridgehead atoms. The zero-order chi connectivity index (χ0) is 18.6. The number of rotatable bonds is 3. The first-order valence-corrected chi connectivity index (χ1v) is 8.92. The number of halogens is 1. The van der Waals surface area contributed by atoms with Gasteiger partial charge in [-0.05, 0) is 23.3 Å². The van der Waals surface area contributed by atoms with E-state index in [4.69, 9.17) is 14.2 Å². The first-order chi connectivity index (χ1) is 12.4. The molecular weight excluding hydrogens is 457 g/mol. The minimum atomic E-state index is 0. The zero-order valence-corrected chi connectivity index (χ0v) is 18.6. The molecule has 4 rings (SSSR count). The van der Waals surface area contributed by atoms with E-state index < -0.39 is 0 Å². The van der Waals surface area contributed by atoms with Crippen LogP contribution in [0.3, 0.4) is 0 Å². The maximum Gasteiger partial charge on any atom is 0.169 e. The highest BCUT2D eigenvalue weighted by Gasteiger charge is 2.44. The lowest BCUT2D eigenvalue weighted by Gasteiger charge is -2.46. The molecule has 1 N–H and O–H groups in total. The van der Waals surface area contributed by atoms with E-state index in [0.717, 1.165) is 40.6 Å². The van der Waals surface area contributed by atoms with E-state index in [1.165, 1.54) is 11.1 Å². The van der Waals surface area contributed by atoms with Crippen molar-refractivity contribution in [2.45, 2.75) is 18.9 Å². The molecule has 0 saturated heterocycles. The Morgan fingerprint density at radius 1 is 0.963 bits per heavy atom. The Morgan fingerprint density at radius 3 is 2.30 bits per heavy atom. The number of hydrogen-bond acceptors (Lipinski definition) is 4. The summed E-state index contributed by atoms with van der Waals surface area (Å²) >= 11 is 0. The number of hydrogen-bond donors (Lipinski definition) is 1. The molecule has 0 spiro atoms. The predicted molar refractivity (Wildman–Crippen MR) is 100 cm³/mol. The Morgan fingerprint density at radius 2 is 1.67 bits per heavy atom. The van der Waals surface area contributed by atoms with Gasteiger partial charge in [-0.3, -0.25) is 0 Å². The standard InChI is InChI=1S/C21H25NO4.HI/c1-22(2)9-8-13-11-16(25-4)21(26-5)19-17(13)14(22)10-12-6-7-15(24-3)20(23)18(12)19;/h6-7,11,14H,8-10H2,1-5H3;1H/t14-;/m0./s1. The molecule has 0 aromatic heterocycles. The Labute approximate surface area is 177 Å². The average Bonchev–Trinajstić information content (AvgIpc) is 2.64. The van der Waals surface area contributed by atoms with E-state index in [1.807, 2.05) is 6.07 Å². The molecule has 5 nitrogen and oxygen atoms in total. The molecule has 2 aromatic carbocycles. The van der Waals surface area contributed by atoms with Gasteiger partial charge in [-0.25, -0.2) is 0 Å². The number of nitrogens with zero attached hydrogens (tertiary/aromatic N) is 1. The topological polar surface area (TPSA) is 47.9 Å². The third-order valence-electron chi connectivity index (χ3n) is 6.04. The molecule has 0 unspecified atom stereocenters. The number of phenolic OH excluding ortho intramolecular Hbond substituents is 1. The number of ether oxygens (including phenoxy) is 3. The van der Waals surface area contributed by atoms with Gasteiger partial charge in [-0.2, -0.15) is 0 Å². The molecule has 0 amide bonds. The summed E-state index contributed by atoms with van der Waals surface area (Å²) < 4.78 is 17.7. The average molecular weight is 483 g/mol. The summed E-state index contributed by atoms with van der Waals surface area (Å²) in [4.78, 5) is 0. The van der Waals surface area contributed by atoms with E-state index in [2.05, 4.69) is 26.2 Å². The third kappa shape index (κ3) is 2.84. The quantitative estimate of drug-likeness (QED) is 0.505. The number of methoxy groups -OCH3 is 3. The second-order valence-electron chi connectivity index (χ2n) is 7.68. The van der Waals surface area contributed by atoms with Crippen molar-refractivity contribution in [3.8, 4) is 34.1 Å². The van der Waals surface area contributed by atoms with Crippen LogP contribution in [0, 0.1) is 0 Å². The number of likely N-dealkylation sites (N-methyl/N-ethyl adjacent to an activating group) is 1. The first kappa shape index (κ1) is 20.1. The van der Waals surface area contributed by atoms with Gasteiger partial charge in [0.25, 0.3) is 0 Å². The van der Waals surface area contributed by atoms with Crippen molar-refractivity contribution < 1.29 is 47.8 Å². The van der Waals surface area contributed by atoms with Crippen LogP contribution >= 0.6 is 0 Å². The highest BCUT2D eigenvalue weighted by molar-refractivity contribution is 5.88. The number of quaternary nitrogens is 1. The van der Waals surface area contributed by atoms with Gasteiger partial charge in [0, 0.05) is 29.5 Å². The second-order valence-corrected chi connectivity index (χ2v) is 7.68. The van der Waals surface area contributed by atoms with Crippen LogP contribution in [-0.4, -0.2) is 51.6 Å². The predicted octanol–water partition coefficient (Wildman–Crippen LogP) is 0.319. The molecule has 1 heterocycles. The van der Waals surface area contributed by atoms with Crippen LogP contribution < -0.4 is 38.2 Å². The van der Waals surface area contributed by atoms with Crippen molar-refractivity contribution in [3.05, 3.63) is 34.9 Å². The Kier molecular flexibility index (Phi) is 5.24. The Balaban J connectivity index is 0.00000210. The summed E-state index contributed by atoms with van der Waals surface area (Å²) in [5.74, 6) is 2.04. The second kappa shape index (κ2) is 7.05.